The molecule has 0 atom stereocenters. The monoisotopic (exact) mass is 365 g/mol. The predicted octanol–water partition coefficient (Wildman–Crippen LogP) is 2.50. The van der Waals surface area contributed by atoms with Gasteiger partial charge in [-0.05, 0) is 31.4 Å². The maximum atomic E-state index is 12.3. The SMILES string of the molecule is O=C(Cc1csc(NS(=O)(=O)c2ccccc2)n1)N1CCCCC1. The van der Waals surface area contributed by atoms with Gasteiger partial charge in [0.15, 0.2) is 5.13 Å². The third-order valence-electron chi connectivity index (χ3n) is 3.87. The predicted molar refractivity (Wildman–Crippen MR) is 93.5 cm³/mol. The average Bonchev–Trinajstić information content (AvgIpc) is 3.02. The van der Waals surface area contributed by atoms with Crippen LogP contribution in [0.3, 0.4) is 0 Å². The van der Waals surface area contributed by atoms with Crippen LogP contribution in [0.4, 0.5) is 5.13 Å². The van der Waals surface area contributed by atoms with Gasteiger partial charge in [-0.3, -0.25) is 9.52 Å². The van der Waals surface area contributed by atoms with E-state index < -0.39 is 10.0 Å². The van der Waals surface area contributed by atoms with E-state index in [-0.39, 0.29) is 22.4 Å². The van der Waals surface area contributed by atoms with Gasteiger partial charge in [0.1, 0.15) is 0 Å². The number of rotatable bonds is 5. The number of hydrogen-bond acceptors (Lipinski definition) is 5. The lowest BCUT2D eigenvalue weighted by atomic mass is 10.1. The number of carbonyl (C=O) groups excluding carboxylic acids is 1. The fourth-order valence-corrected chi connectivity index (χ4v) is 4.60. The minimum atomic E-state index is -3.65. The van der Waals surface area contributed by atoms with Gasteiger partial charge in [-0.1, -0.05) is 18.2 Å². The second-order valence-corrected chi connectivity index (χ2v) is 8.22. The normalized spacial score (nSPS) is 15.2. The summed E-state index contributed by atoms with van der Waals surface area (Å²) in [5.41, 5.74) is 0.598. The van der Waals surface area contributed by atoms with Crippen molar-refractivity contribution in [2.45, 2.75) is 30.6 Å². The van der Waals surface area contributed by atoms with E-state index >= 15 is 0 Å². The van der Waals surface area contributed by atoms with Gasteiger partial charge in [0, 0.05) is 18.5 Å². The molecule has 0 spiro atoms. The largest absolute Gasteiger partial charge is 0.342 e. The molecule has 2 aromatic rings. The van der Waals surface area contributed by atoms with Gasteiger partial charge in [0.2, 0.25) is 5.91 Å². The molecule has 1 fully saturated rings. The van der Waals surface area contributed by atoms with Crippen molar-refractivity contribution in [3.8, 4) is 0 Å². The number of nitrogens with one attached hydrogen (secondary N) is 1. The summed E-state index contributed by atoms with van der Waals surface area (Å²) in [4.78, 5) is 18.5. The molecule has 1 saturated heterocycles. The summed E-state index contributed by atoms with van der Waals surface area (Å²) < 4.78 is 27.0. The summed E-state index contributed by atoms with van der Waals surface area (Å²) in [6, 6.07) is 8.14. The molecule has 8 heteroatoms. The molecule has 3 rings (SSSR count). The minimum Gasteiger partial charge on any atom is -0.342 e. The number of hydrogen-bond donors (Lipinski definition) is 1. The fourth-order valence-electron chi connectivity index (χ4n) is 2.62. The molecule has 1 aliphatic rings. The summed E-state index contributed by atoms with van der Waals surface area (Å²) in [5.74, 6) is 0.0532. The first-order valence-electron chi connectivity index (χ1n) is 7.85. The topological polar surface area (TPSA) is 79.4 Å². The van der Waals surface area contributed by atoms with Crippen molar-refractivity contribution in [1.82, 2.24) is 9.88 Å². The van der Waals surface area contributed by atoms with E-state index in [2.05, 4.69) is 9.71 Å². The van der Waals surface area contributed by atoms with Gasteiger partial charge in [-0.15, -0.1) is 11.3 Å². The lowest BCUT2D eigenvalue weighted by molar-refractivity contribution is -0.131. The Morgan fingerprint density at radius 2 is 1.88 bits per heavy atom. The first kappa shape index (κ1) is 16.9. The molecule has 1 aromatic carbocycles. The van der Waals surface area contributed by atoms with Crippen LogP contribution in [0.5, 0.6) is 0 Å². The van der Waals surface area contributed by atoms with Gasteiger partial charge < -0.3 is 4.90 Å². The molecule has 128 valence electrons. The van der Waals surface area contributed by atoms with E-state index in [1.807, 2.05) is 4.90 Å². The summed E-state index contributed by atoms with van der Waals surface area (Å²) in [6.07, 6.45) is 3.48. The standard InChI is InChI=1S/C16H19N3O3S2/c20-15(19-9-5-2-6-10-19)11-13-12-23-16(17-13)18-24(21,22)14-7-3-1-4-8-14/h1,3-4,7-8,12H,2,5-6,9-11H2,(H,17,18). The van der Waals surface area contributed by atoms with Crippen LogP contribution in [0.15, 0.2) is 40.6 Å². The summed E-state index contributed by atoms with van der Waals surface area (Å²) >= 11 is 1.19. The van der Waals surface area contributed by atoms with Crippen molar-refractivity contribution in [2.75, 3.05) is 17.8 Å². The third kappa shape index (κ3) is 4.12. The van der Waals surface area contributed by atoms with Crippen LogP contribution in [0.1, 0.15) is 25.0 Å². The Hall–Kier alpha value is -1.93. The Kier molecular flexibility index (Phi) is 5.15. The molecule has 2 heterocycles. The van der Waals surface area contributed by atoms with E-state index in [0.717, 1.165) is 25.9 Å². The van der Waals surface area contributed by atoms with Crippen LogP contribution in [0.2, 0.25) is 0 Å². The smallest absolute Gasteiger partial charge is 0.263 e. The molecule has 0 radical (unpaired) electrons. The summed E-state index contributed by atoms with van der Waals surface area (Å²) in [7, 11) is -3.65. The van der Waals surface area contributed by atoms with E-state index in [4.69, 9.17) is 0 Å². The molecule has 1 aliphatic heterocycles. The van der Waals surface area contributed by atoms with E-state index in [1.165, 1.54) is 29.9 Å². The van der Waals surface area contributed by atoms with Gasteiger partial charge in [-0.25, -0.2) is 13.4 Å². The molecular weight excluding hydrogens is 346 g/mol. The van der Waals surface area contributed by atoms with Crippen molar-refractivity contribution in [3.63, 3.8) is 0 Å². The molecule has 1 aromatic heterocycles. The highest BCUT2D eigenvalue weighted by molar-refractivity contribution is 7.93. The van der Waals surface area contributed by atoms with Crippen molar-refractivity contribution >= 4 is 32.4 Å². The first-order valence-corrected chi connectivity index (χ1v) is 10.2. The maximum Gasteiger partial charge on any atom is 0.263 e. The molecule has 24 heavy (non-hydrogen) atoms. The van der Waals surface area contributed by atoms with Crippen LogP contribution < -0.4 is 4.72 Å². The number of likely N-dealkylation sites (tertiary alicyclic amines) is 1. The summed E-state index contributed by atoms with van der Waals surface area (Å²) in [5, 5.41) is 2.00. The number of benzene rings is 1. The number of sulfonamides is 1. The zero-order valence-electron chi connectivity index (χ0n) is 13.1. The zero-order chi connectivity index (χ0) is 17.0. The molecule has 1 N–H and O–H groups in total. The third-order valence-corrected chi connectivity index (χ3v) is 6.16. The molecule has 6 nitrogen and oxygen atoms in total. The lowest BCUT2D eigenvalue weighted by Crippen LogP contribution is -2.36. The van der Waals surface area contributed by atoms with Gasteiger partial charge in [0.25, 0.3) is 10.0 Å². The van der Waals surface area contributed by atoms with E-state index in [0.29, 0.717) is 5.69 Å². The Morgan fingerprint density at radius 3 is 2.58 bits per heavy atom. The maximum absolute atomic E-state index is 12.3. The Balaban J connectivity index is 1.64. The molecule has 1 amide bonds. The number of aromatic nitrogens is 1. The van der Waals surface area contributed by atoms with Crippen molar-refractivity contribution in [2.24, 2.45) is 0 Å². The molecule has 0 bridgehead atoms. The molecule has 0 unspecified atom stereocenters. The lowest BCUT2D eigenvalue weighted by Gasteiger charge is -2.26. The molecular formula is C16H19N3O3S2. The van der Waals surface area contributed by atoms with Crippen molar-refractivity contribution in [1.29, 1.82) is 0 Å². The van der Waals surface area contributed by atoms with Gasteiger partial charge >= 0.3 is 0 Å². The number of amides is 1. The summed E-state index contributed by atoms with van der Waals surface area (Å²) in [6.45, 7) is 1.60. The first-order chi connectivity index (χ1) is 11.5. The highest BCUT2D eigenvalue weighted by Gasteiger charge is 2.19. The Morgan fingerprint density at radius 1 is 1.17 bits per heavy atom. The highest BCUT2D eigenvalue weighted by Crippen LogP contribution is 2.21. The average molecular weight is 365 g/mol. The van der Waals surface area contributed by atoms with Gasteiger partial charge in [0.05, 0.1) is 17.0 Å². The number of nitrogens with zero attached hydrogens (tertiary/aromatic N) is 2. The van der Waals surface area contributed by atoms with E-state index in [1.54, 1.807) is 23.6 Å². The van der Waals surface area contributed by atoms with Crippen LogP contribution in [-0.2, 0) is 21.2 Å². The zero-order valence-corrected chi connectivity index (χ0v) is 14.8. The number of thiazole rings is 1. The number of anilines is 1. The second kappa shape index (κ2) is 7.31. The van der Waals surface area contributed by atoms with Crippen LogP contribution in [0, 0.1) is 0 Å². The fraction of sp³-hybridized carbons (Fsp3) is 0.375. The number of piperidine rings is 1. The van der Waals surface area contributed by atoms with E-state index in [9.17, 15) is 13.2 Å². The Bertz CT molecular complexity index is 797. The Labute approximate surface area is 145 Å². The van der Waals surface area contributed by atoms with Crippen molar-refractivity contribution in [3.05, 3.63) is 41.4 Å². The molecule has 0 aliphatic carbocycles. The van der Waals surface area contributed by atoms with Crippen LogP contribution >= 0.6 is 11.3 Å². The quantitative estimate of drug-likeness (QED) is 0.883. The number of carbonyl (C=O) groups is 1. The van der Waals surface area contributed by atoms with Crippen molar-refractivity contribution < 1.29 is 13.2 Å². The van der Waals surface area contributed by atoms with Gasteiger partial charge in [-0.2, -0.15) is 0 Å². The second-order valence-electron chi connectivity index (χ2n) is 5.68. The molecule has 0 saturated carbocycles. The minimum absolute atomic E-state index is 0.0532. The van der Waals surface area contributed by atoms with Crippen LogP contribution in [0.25, 0.3) is 0 Å². The highest BCUT2D eigenvalue weighted by atomic mass is 32.2. The van der Waals surface area contributed by atoms with Crippen LogP contribution in [-0.4, -0.2) is 37.3 Å².